The zero-order valence-corrected chi connectivity index (χ0v) is 22.9. The van der Waals surface area contributed by atoms with E-state index in [4.69, 9.17) is 4.98 Å². The summed E-state index contributed by atoms with van der Waals surface area (Å²) in [5, 5.41) is 10.6. The lowest BCUT2D eigenvalue weighted by atomic mass is 9.91. The van der Waals surface area contributed by atoms with Gasteiger partial charge in [0.15, 0.2) is 0 Å². The molecule has 0 aliphatic heterocycles. The fourth-order valence-electron chi connectivity index (χ4n) is 5.02. The number of nitrogens with one attached hydrogen (secondary N) is 4. The zero-order valence-electron chi connectivity index (χ0n) is 22.9. The van der Waals surface area contributed by atoms with Crippen LogP contribution in [0, 0.1) is 0 Å². The van der Waals surface area contributed by atoms with E-state index in [0.717, 1.165) is 47.8 Å². The smallest absolute Gasteiger partial charge is 0.251 e. The average molecular weight is 538 g/mol. The van der Waals surface area contributed by atoms with Crippen LogP contribution >= 0.6 is 0 Å². The van der Waals surface area contributed by atoms with Crippen LogP contribution in [0.25, 0.3) is 22.2 Å². The van der Waals surface area contributed by atoms with Crippen molar-refractivity contribution in [3.05, 3.63) is 84.7 Å². The number of hydrogen-bond acceptors (Lipinski definition) is 6. The minimum atomic E-state index is -0.198. The number of hydrogen-bond donors (Lipinski definition) is 4. The van der Waals surface area contributed by atoms with Crippen LogP contribution in [0.3, 0.4) is 0 Å². The second-order valence-electron chi connectivity index (χ2n) is 10.4. The molecule has 2 heterocycles. The topological polar surface area (TPSA) is 115 Å². The van der Waals surface area contributed by atoms with Crippen molar-refractivity contribution in [2.24, 2.45) is 0 Å². The van der Waals surface area contributed by atoms with Crippen molar-refractivity contribution in [1.82, 2.24) is 25.2 Å². The molecule has 206 valence electrons. The predicted octanol–water partition coefficient (Wildman–Crippen LogP) is 4.83. The van der Waals surface area contributed by atoms with E-state index in [-0.39, 0.29) is 23.9 Å². The molecule has 2 amide bonds. The zero-order chi connectivity index (χ0) is 27.9. The number of fused-ring (bicyclic) bond motifs is 1. The summed E-state index contributed by atoms with van der Waals surface area (Å²) in [5.41, 5.74) is 4.18. The van der Waals surface area contributed by atoms with E-state index in [1.54, 1.807) is 36.5 Å². The Morgan fingerprint density at radius 2 is 1.85 bits per heavy atom. The van der Waals surface area contributed by atoms with E-state index in [9.17, 15) is 9.59 Å². The first-order valence-electron chi connectivity index (χ1n) is 13.6. The van der Waals surface area contributed by atoms with Crippen molar-refractivity contribution in [3.8, 4) is 11.3 Å². The Morgan fingerprint density at radius 3 is 2.67 bits per heavy atom. The number of anilines is 2. The third-order valence-corrected chi connectivity index (χ3v) is 7.02. The molecule has 9 heteroatoms. The van der Waals surface area contributed by atoms with Gasteiger partial charge in [-0.3, -0.25) is 9.59 Å². The number of aromatic nitrogens is 3. The van der Waals surface area contributed by atoms with E-state index in [2.05, 4.69) is 32.0 Å². The molecule has 0 spiro atoms. The number of H-pyrrole nitrogens is 1. The van der Waals surface area contributed by atoms with Crippen molar-refractivity contribution in [3.63, 3.8) is 0 Å². The molecule has 2 aromatic carbocycles. The van der Waals surface area contributed by atoms with Crippen molar-refractivity contribution < 1.29 is 9.59 Å². The Balaban J connectivity index is 1.15. The minimum absolute atomic E-state index is 0.0526. The molecule has 40 heavy (non-hydrogen) atoms. The van der Waals surface area contributed by atoms with Gasteiger partial charge < -0.3 is 25.8 Å². The van der Waals surface area contributed by atoms with Crippen molar-refractivity contribution >= 4 is 34.4 Å². The van der Waals surface area contributed by atoms with E-state index in [0.29, 0.717) is 23.7 Å². The molecular formula is C31H35N7O2. The fourth-order valence-corrected chi connectivity index (χ4v) is 5.02. The second-order valence-corrected chi connectivity index (χ2v) is 10.4. The average Bonchev–Trinajstić information content (AvgIpc) is 3.38. The quantitative estimate of drug-likeness (QED) is 0.227. The number of carbonyl (C=O) groups excluding carboxylic acids is 2. The van der Waals surface area contributed by atoms with Crippen molar-refractivity contribution in [1.29, 1.82) is 0 Å². The summed E-state index contributed by atoms with van der Waals surface area (Å²) in [4.78, 5) is 39.5. The Hall–Kier alpha value is -4.50. The number of likely N-dealkylation sites (N-methyl/N-ethyl adjacent to an activating group) is 1. The lowest BCUT2D eigenvalue weighted by molar-refractivity contribution is -0.111. The maximum absolute atomic E-state index is 12.9. The molecule has 1 aliphatic rings. The molecule has 0 bridgehead atoms. The molecule has 4 aromatic rings. The second kappa shape index (κ2) is 12.6. The van der Waals surface area contributed by atoms with Crippen LogP contribution in [-0.2, 0) is 4.79 Å². The first-order valence-corrected chi connectivity index (χ1v) is 13.6. The molecule has 1 aliphatic carbocycles. The first kappa shape index (κ1) is 27.1. The SMILES string of the molecule is CN(C)CC=CC(=O)Nc1ccc(C(=O)N[C@H]2CCC[C@@H](Nc3nccc(-c4c[nH]c5ccccc45)n3)C2)cc1. The summed E-state index contributed by atoms with van der Waals surface area (Å²) in [7, 11) is 3.88. The van der Waals surface area contributed by atoms with Gasteiger partial charge in [-0.2, -0.15) is 0 Å². The third-order valence-electron chi connectivity index (χ3n) is 7.02. The van der Waals surface area contributed by atoms with Gasteiger partial charge in [0.25, 0.3) is 5.91 Å². The maximum atomic E-state index is 12.9. The van der Waals surface area contributed by atoms with E-state index < -0.39 is 0 Å². The standard InChI is InChI=1S/C31H35N7O2/c1-38(2)18-6-11-29(39)34-22-14-12-21(13-15-22)30(40)35-23-7-5-8-24(19-23)36-31-32-17-16-28(37-31)26-20-33-27-10-4-3-9-25(26)27/h3-4,6,9-17,20,23-24,33H,5,7-8,18-19H2,1-2H3,(H,34,39)(H,35,40)(H,32,36,37)/t23-,24+/m0/s1. The molecule has 4 N–H and O–H groups in total. The van der Waals surface area contributed by atoms with E-state index >= 15 is 0 Å². The van der Waals surface area contributed by atoms with E-state index in [1.165, 1.54) is 6.08 Å². The number of carbonyl (C=O) groups is 2. The molecule has 2 aromatic heterocycles. The Morgan fingerprint density at radius 1 is 1.05 bits per heavy atom. The van der Waals surface area contributed by atoms with Gasteiger partial charge in [-0.25, -0.2) is 9.97 Å². The van der Waals surface area contributed by atoms with Gasteiger partial charge in [0.2, 0.25) is 11.9 Å². The van der Waals surface area contributed by atoms with Crippen molar-refractivity contribution in [2.75, 3.05) is 31.3 Å². The lowest BCUT2D eigenvalue weighted by Gasteiger charge is -2.30. The Kier molecular flexibility index (Phi) is 8.51. The van der Waals surface area contributed by atoms with Crippen LogP contribution in [-0.4, -0.2) is 64.4 Å². The summed E-state index contributed by atoms with van der Waals surface area (Å²) in [6.45, 7) is 0.689. The van der Waals surface area contributed by atoms with Gasteiger partial charge in [0, 0.05) is 64.8 Å². The molecule has 9 nitrogen and oxygen atoms in total. The van der Waals surface area contributed by atoms with Gasteiger partial charge >= 0.3 is 0 Å². The van der Waals surface area contributed by atoms with Gasteiger partial charge in [-0.05, 0) is 76.2 Å². The lowest BCUT2D eigenvalue weighted by Crippen LogP contribution is -2.42. The number of aromatic amines is 1. The number of nitrogens with zero attached hydrogens (tertiary/aromatic N) is 3. The summed E-state index contributed by atoms with van der Waals surface area (Å²) in [6.07, 6.45) is 10.8. The number of para-hydroxylation sites is 1. The minimum Gasteiger partial charge on any atom is -0.360 e. The highest BCUT2D eigenvalue weighted by Crippen LogP contribution is 2.28. The van der Waals surface area contributed by atoms with Crippen LogP contribution in [0.15, 0.2) is 79.1 Å². The van der Waals surface area contributed by atoms with Gasteiger partial charge in [-0.15, -0.1) is 0 Å². The van der Waals surface area contributed by atoms with Crippen LogP contribution in [0.4, 0.5) is 11.6 Å². The number of rotatable bonds is 9. The first-order chi connectivity index (χ1) is 19.4. The molecule has 0 saturated heterocycles. The molecule has 5 rings (SSSR count). The third kappa shape index (κ3) is 6.92. The molecule has 0 unspecified atom stereocenters. The predicted molar refractivity (Wildman–Crippen MR) is 159 cm³/mol. The summed E-state index contributed by atoms with van der Waals surface area (Å²) in [5.74, 6) is 0.275. The molecule has 1 saturated carbocycles. The number of amides is 2. The summed E-state index contributed by atoms with van der Waals surface area (Å²) >= 11 is 0. The maximum Gasteiger partial charge on any atom is 0.251 e. The van der Waals surface area contributed by atoms with Gasteiger partial charge in [-0.1, -0.05) is 24.3 Å². The Bertz CT molecular complexity index is 1490. The van der Waals surface area contributed by atoms with E-state index in [1.807, 2.05) is 49.5 Å². The van der Waals surface area contributed by atoms with Gasteiger partial charge in [0.05, 0.1) is 5.69 Å². The van der Waals surface area contributed by atoms with Gasteiger partial charge in [0.1, 0.15) is 0 Å². The highest BCUT2D eigenvalue weighted by Gasteiger charge is 2.24. The van der Waals surface area contributed by atoms with Crippen LogP contribution < -0.4 is 16.0 Å². The summed E-state index contributed by atoms with van der Waals surface area (Å²) in [6, 6.07) is 17.3. The highest BCUT2D eigenvalue weighted by atomic mass is 16.2. The monoisotopic (exact) mass is 537 g/mol. The fraction of sp³-hybridized carbons (Fsp3) is 0.290. The van der Waals surface area contributed by atoms with Crippen molar-refractivity contribution in [2.45, 2.75) is 37.8 Å². The molecule has 2 atom stereocenters. The highest BCUT2D eigenvalue weighted by molar-refractivity contribution is 6.00. The molecular weight excluding hydrogens is 502 g/mol. The largest absolute Gasteiger partial charge is 0.360 e. The normalized spacial score (nSPS) is 17.3. The molecule has 0 radical (unpaired) electrons. The summed E-state index contributed by atoms with van der Waals surface area (Å²) < 4.78 is 0. The number of benzene rings is 2. The van der Waals surface area contributed by atoms with Crippen LogP contribution in [0.5, 0.6) is 0 Å². The van der Waals surface area contributed by atoms with Crippen LogP contribution in [0.1, 0.15) is 36.0 Å². The van der Waals surface area contributed by atoms with Crippen LogP contribution in [0.2, 0.25) is 0 Å². The molecule has 1 fully saturated rings. The Labute approximate surface area is 234 Å².